The van der Waals surface area contributed by atoms with Gasteiger partial charge in [0.1, 0.15) is 6.61 Å². The molecule has 0 spiro atoms. The Kier molecular flexibility index (Phi) is 6.67. The normalized spacial score (nSPS) is 10.6. The van der Waals surface area contributed by atoms with Crippen molar-refractivity contribution in [3.63, 3.8) is 0 Å². The average molecular weight is 449 g/mol. The topological polar surface area (TPSA) is 78.3 Å². The molecule has 0 aliphatic heterocycles. The fourth-order valence-corrected chi connectivity index (χ4v) is 3.18. The molecule has 0 atom stereocenters. The largest absolute Gasteiger partial charge is 0.493 e. The van der Waals surface area contributed by atoms with Crippen LogP contribution in [0.3, 0.4) is 0 Å². The van der Waals surface area contributed by atoms with Gasteiger partial charge in [0.25, 0.3) is 5.91 Å². The van der Waals surface area contributed by atoms with Crippen LogP contribution in [0.4, 0.5) is 5.82 Å². The van der Waals surface area contributed by atoms with E-state index in [2.05, 4.69) is 15.4 Å². The molecule has 2 aromatic heterocycles. The lowest BCUT2D eigenvalue weighted by Crippen LogP contribution is -2.13. The Hall–Kier alpha value is -3.84. The molecule has 0 unspecified atom stereocenters. The fourth-order valence-electron chi connectivity index (χ4n) is 3.05. The molecule has 2 heterocycles. The minimum absolute atomic E-state index is 0.290. The lowest BCUT2D eigenvalue weighted by Gasteiger charge is -2.12. The number of aromatic nitrogens is 3. The van der Waals surface area contributed by atoms with Gasteiger partial charge in [0.05, 0.1) is 13.7 Å². The van der Waals surface area contributed by atoms with Crippen molar-refractivity contribution in [1.29, 1.82) is 0 Å². The van der Waals surface area contributed by atoms with Crippen LogP contribution < -0.4 is 14.8 Å². The Balaban J connectivity index is 1.40. The van der Waals surface area contributed by atoms with Crippen molar-refractivity contribution in [2.45, 2.75) is 13.2 Å². The van der Waals surface area contributed by atoms with E-state index in [0.717, 1.165) is 11.1 Å². The van der Waals surface area contributed by atoms with Gasteiger partial charge in [-0.1, -0.05) is 23.7 Å². The van der Waals surface area contributed by atoms with Gasteiger partial charge in [0, 0.05) is 35.2 Å². The molecule has 8 heteroatoms. The van der Waals surface area contributed by atoms with Crippen molar-refractivity contribution in [2.75, 3.05) is 12.4 Å². The third-order valence-electron chi connectivity index (χ3n) is 4.71. The van der Waals surface area contributed by atoms with Gasteiger partial charge in [0.15, 0.2) is 17.3 Å². The van der Waals surface area contributed by atoms with Crippen LogP contribution in [0.2, 0.25) is 5.02 Å². The molecular formula is C24H21ClN4O3. The first-order valence-electron chi connectivity index (χ1n) is 9.90. The minimum Gasteiger partial charge on any atom is -0.493 e. The van der Waals surface area contributed by atoms with Crippen LogP contribution in [0.25, 0.3) is 0 Å². The molecule has 0 aliphatic rings. The molecule has 162 valence electrons. The maximum absolute atomic E-state index is 12.7. The van der Waals surface area contributed by atoms with Crippen LogP contribution in [0.1, 0.15) is 21.5 Å². The van der Waals surface area contributed by atoms with E-state index in [0.29, 0.717) is 41.1 Å². The monoisotopic (exact) mass is 448 g/mol. The zero-order chi connectivity index (χ0) is 22.3. The second-order valence-electron chi connectivity index (χ2n) is 6.99. The Bertz CT molecular complexity index is 1190. The van der Waals surface area contributed by atoms with Crippen molar-refractivity contribution < 1.29 is 14.3 Å². The summed E-state index contributed by atoms with van der Waals surface area (Å²) in [5.41, 5.74) is 2.48. The molecule has 1 amide bonds. The van der Waals surface area contributed by atoms with Crippen molar-refractivity contribution in [3.8, 4) is 11.5 Å². The highest BCUT2D eigenvalue weighted by molar-refractivity contribution is 6.30. The number of hydrogen-bond acceptors (Lipinski definition) is 5. The summed E-state index contributed by atoms with van der Waals surface area (Å²) in [4.78, 5) is 16.7. The van der Waals surface area contributed by atoms with Crippen LogP contribution in [-0.2, 0) is 13.2 Å². The zero-order valence-electron chi connectivity index (χ0n) is 17.4. The van der Waals surface area contributed by atoms with Crippen molar-refractivity contribution in [3.05, 3.63) is 101 Å². The first kappa shape index (κ1) is 21.4. The summed E-state index contributed by atoms with van der Waals surface area (Å²) in [6.07, 6.45) is 5.28. The molecule has 0 bridgehead atoms. The standard InChI is InChI=1S/C24H21ClN4O3/c1-31-22-14-19(4-7-21(22)32-16-18-2-5-20(25)6-3-18)24(30)27-23-10-13-29(28-23)15-17-8-11-26-12-9-17/h2-14H,15-16H2,1H3,(H,27,28,30). The number of benzene rings is 2. The number of nitrogens with one attached hydrogen (secondary N) is 1. The van der Waals surface area contributed by atoms with Gasteiger partial charge in [0.2, 0.25) is 0 Å². The third kappa shape index (κ3) is 5.44. The molecule has 4 aromatic rings. The molecular weight excluding hydrogens is 428 g/mol. The van der Waals surface area contributed by atoms with Gasteiger partial charge >= 0.3 is 0 Å². The number of nitrogens with zero attached hydrogens (tertiary/aromatic N) is 3. The predicted octanol–water partition coefficient (Wildman–Crippen LogP) is 4.82. The molecule has 0 fully saturated rings. The van der Waals surface area contributed by atoms with Crippen LogP contribution >= 0.6 is 11.6 Å². The smallest absolute Gasteiger partial charge is 0.257 e. The van der Waals surface area contributed by atoms with E-state index in [4.69, 9.17) is 21.1 Å². The van der Waals surface area contributed by atoms with Crippen LogP contribution in [-0.4, -0.2) is 27.8 Å². The summed E-state index contributed by atoms with van der Waals surface area (Å²) < 4.78 is 13.0. The first-order valence-corrected chi connectivity index (χ1v) is 10.3. The highest BCUT2D eigenvalue weighted by atomic mass is 35.5. The molecule has 0 radical (unpaired) electrons. The van der Waals surface area contributed by atoms with Gasteiger partial charge in [-0.3, -0.25) is 14.5 Å². The van der Waals surface area contributed by atoms with E-state index in [9.17, 15) is 4.79 Å². The number of pyridine rings is 1. The van der Waals surface area contributed by atoms with Gasteiger partial charge in [-0.05, 0) is 53.6 Å². The number of rotatable bonds is 8. The molecule has 0 aliphatic carbocycles. The van der Waals surface area contributed by atoms with E-state index in [1.54, 1.807) is 41.3 Å². The number of amides is 1. The quantitative estimate of drug-likeness (QED) is 0.418. The highest BCUT2D eigenvalue weighted by Crippen LogP contribution is 2.29. The molecule has 7 nitrogen and oxygen atoms in total. The Morgan fingerprint density at radius 1 is 1.00 bits per heavy atom. The molecule has 0 saturated heterocycles. The minimum atomic E-state index is -0.290. The zero-order valence-corrected chi connectivity index (χ0v) is 18.1. The lowest BCUT2D eigenvalue weighted by molar-refractivity contribution is 0.102. The van der Waals surface area contributed by atoms with Crippen molar-refractivity contribution in [2.24, 2.45) is 0 Å². The number of hydrogen-bond donors (Lipinski definition) is 1. The summed E-state index contributed by atoms with van der Waals surface area (Å²) in [7, 11) is 1.53. The Labute approximate surface area is 190 Å². The molecule has 4 rings (SSSR count). The fraction of sp³-hybridized carbons (Fsp3) is 0.125. The summed E-state index contributed by atoms with van der Waals surface area (Å²) in [6, 6.07) is 18.0. The van der Waals surface area contributed by atoms with Crippen molar-refractivity contribution in [1.82, 2.24) is 14.8 Å². The average Bonchev–Trinajstić information content (AvgIpc) is 3.25. The second kappa shape index (κ2) is 9.98. The highest BCUT2D eigenvalue weighted by Gasteiger charge is 2.13. The number of carbonyl (C=O) groups excluding carboxylic acids is 1. The van der Waals surface area contributed by atoms with Crippen LogP contribution in [0.15, 0.2) is 79.3 Å². The first-order chi connectivity index (χ1) is 15.6. The van der Waals surface area contributed by atoms with Crippen molar-refractivity contribution >= 4 is 23.3 Å². The SMILES string of the molecule is COc1cc(C(=O)Nc2ccn(Cc3ccncc3)n2)ccc1OCc1ccc(Cl)cc1. The van der Waals surface area contributed by atoms with Gasteiger partial charge in [-0.2, -0.15) is 5.10 Å². The summed E-state index contributed by atoms with van der Waals surface area (Å²) in [5.74, 6) is 1.18. The van der Waals surface area contributed by atoms with Gasteiger partial charge in [-0.15, -0.1) is 0 Å². The van der Waals surface area contributed by atoms with E-state index < -0.39 is 0 Å². The van der Waals surface area contributed by atoms with E-state index in [-0.39, 0.29) is 5.91 Å². The Morgan fingerprint density at radius 3 is 2.53 bits per heavy atom. The summed E-state index contributed by atoms with van der Waals surface area (Å²) >= 11 is 5.91. The van der Waals surface area contributed by atoms with Gasteiger partial charge in [-0.25, -0.2) is 0 Å². The van der Waals surface area contributed by atoms with Gasteiger partial charge < -0.3 is 14.8 Å². The molecule has 2 aromatic carbocycles. The lowest BCUT2D eigenvalue weighted by atomic mass is 10.2. The molecule has 32 heavy (non-hydrogen) atoms. The van der Waals surface area contributed by atoms with E-state index >= 15 is 0 Å². The maximum atomic E-state index is 12.7. The van der Waals surface area contributed by atoms with E-state index in [1.165, 1.54) is 7.11 Å². The number of carbonyl (C=O) groups is 1. The summed E-state index contributed by atoms with van der Waals surface area (Å²) in [6.45, 7) is 0.944. The molecule has 0 saturated carbocycles. The number of anilines is 1. The Morgan fingerprint density at radius 2 is 1.78 bits per heavy atom. The third-order valence-corrected chi connectivity index (χ3v) is 4.96. The second-order valence-corrected chi connectivity index (χ2v) is 7.43. The predicted molar refractivity (Wildman–Crippen MR) is 122 cm³/mol. The summed E-state index contributed by atoms with van der Waals surface area (Å²) in [5, 5.41) is 7.88. The number of halogens is 1. The number of methoxy groups -OCH3 is 1. The number of ether oxygens (including phenoxy) is 2. The van der Waals surface area contributed by atoms with E-state index in [1.807, 2.05) is 42.6 Å². The van der Waals surface area contributed by atoms with Crippen LogP contribution in [0.5, 0.6) is 11.5 Å². The van der Waals surface area contributed by atoms with Crippen LogP contribution in [0, 0.1) is 0 Å². The maximum Gasteiger partial charge on any atom is 0.257 e. The molecule has 1 N–H and O–H groups in total.